The summed E-state index contributed by atoms with van der Waals surface area (Å²) in [6.07, 6.45) is 1.66. The Balaban J connectivity index is 1.59. The molecule has 3 aliphatic rings. The predicted octanol–water partition coefficient (Wildman–Crippen LogP) is 0.544. The fourth-order valence-corrected chi connectivity index (χ4v) is 4.33. The van der Waals surface area contributed by atoms with E-state index in [0.29, 0.717) is 26.2 Å². The van der Waals surface area contributed by atoms with Crippen molar-refractivity contribution in [3.8, 4) is 0 Å². The molecule has 3 saturated heterocycles. The Bertz CT molecular complexity index is 627. The van der Waals surface area contributed by atoms with Gasteiger partial charge in [-0.2, -0.15) is 0 Å². The first-order valence-corrected chi connectivity index (χ1v) is 8.81. The lowest BCUT2D eigenvalue weighted by Gasteiger charge is -2.44. The zero-order valence-corrected chi connectivity index (χ0v) is 13.8. The van der Waals surface area contributed by atoms with Crippen LogP contribution in [0.2, 0.25) is 0 Å². The molecule has 1 aromatic rings. The summed E-state index contributed by atoms with van der Waals surface area (Å²) in [5.74, 6) is 0.231. The molecule has 0 aliphatic carbocycles. The smallest absolute Gasteiger partial charge is 0.317 e. The van der Waals surface area contributed by atoms with Gasteiger partial charge in [0.1, 0.15) is 0 Å². The molecule has 0 saturated carbocycles. The zero-order chi connectivity index (χ0) is 16.6. The summed E-state index contributed by atoms with van der Waals surface area (Å²) in [5.41, 5.74) is 0.699. The molecule has 1 unspecified atom stereocenters. The van der Waals surface area contributed by atoms with Crippen LogP contribution in [0, 0.1) is 0 Å². The first-order valence-electron chi connectivity index (χ1n) is 8.81. The molecule has 128 valence electrons. The lowest BCUT2D eigenvalue weighted by atomic mass is 9.72. The van der Waals surface area contributed by atoms with Crippen molar-refractivity contribution in [3.05, 3.63) is 35.9 Å². The third kappa shape index (κ3) is 2.45. The number of carbonyl (C=O) groups is 2. The minimum absolute atomic E-state index is 0.00624. The number of piperidine rings is 1. The van der Waals surface area contributed by atoms with E-state index < -0.39 is 5.41 Å². The zero-order valence-electron chi connectivity index (χ0n) is 13.8. The van der Waals surface area contributed by atoms with Crippen LogP contribution in [0.4, 0.5) is 4.79 Å². The van der Waals surface area contributed by atoms with Crippen LogP contribution in [-0.4, -0.2) is 67.0 Å². The van der Waals surface area contributed by atoms with Gasteiger partial charge < -0.3 is 20.4 Å². The van der Waals surface area contributed by atoms with Crippen molar-refractivity contribution in [3.63, 3.8) is 0 Å². The molecule has 3 aliphatic heterocycles. The van der Waals surface area contributed by atoms with Crippen LogP contribution >= 0.6 is 0 Å². The van der Waals surface area contributed by atoms with Gasteiger partial charge in [0.15, 0.2) is 0 Å². The van der Waals surface area contributed by atoms with Crippen LogP contribution in [0.25, 0.3) is 0 Å². The summed E-state index contributed by atoms with van der Waals surface area (Å²) < 4.78 is 0. The highest BCUT2D eigenvalue weighted by Crippen LogP contribution is 2.36. The summed E-state index contributed by atoms with van der Waals surface area (Å²) in [6.45, 7) is 4.27. The number of nitrogens with one attached hydrogen (secondary N) is 2. The van der Waals surface area contributed by atoms with E-state index in [2.05, 4.69) is 22.8 Å². The summed E-state index contributed by atoms with van der Waals surface area (Å²) in [5, 5.41) is 6.26. The maximum Gasteiger partial charge on any atom is 0.317 e. The van der Waals surface area contributed by atoms with Gasteiger partial charge in [0.2, 0.25) is 5.91 Å². The Labute approximate surface area is 142 Å². The van der Waals surface area contributed by atoms with E-state index in [1.807, 2.05) is 28.0 Å². The number of benzene rings is 1. The molecule has 4 rings (SSSR count). The first-order chi connectivity index (χ1) is 11.7. The van der Waals surface area contributed by atoms with Crippen molar-refractivity contribution in [2.24, 2.45) is 0 Å². The highest BCUT2D eigenvalue weighted by molar-refractivity contribution is 5.89. The standard InChI is InChI=1S/C18H24N4O2/c23-16(21-10-11-22-15(13-21)12-20-17(22)24)18(6-8-19-9-7-18)14-4-2-1-3-5-14/h1-5,15,19H,6-13H2,(H,20,24). The number of nitrogens with zero attached hydrogens (tertiary/aromatic N) is 2. The maximum atomic E-state index is 13.5. The largest absolute Gasteiger partial charge is 0.338 e. The second-order valence-corrected chi connectivity index (χ2v) is 6.98. The molecule has 3 amide bonds. The van der Waals surface area contributed by atoms with Gasteiger partial charge in [-0.3, -0.25) is 4.79 Å². The Hall–Kier alpha value is -2.08. The van der Waals surface area contributed by atoms with E-state index in [4.69, 9.17) is 0 Å². The Kier molecular flexibility index (Phi) is 3.92. The summed E-state index contributed by atoms with van der Waals surface area (Å²) in [7, 11) is 0. The molecule has 2 N–H and O–H groups in total. The van der Waals surface area contributed by atoms with Gasteiger partial charge in [-0.1, -0.05) is 30.3 Å². The van der Waals surface area contributed by atoms with Gasteiger partial charge in [0, 0.05) is 26.2 Å². The average Bonchev–Trinajstić information content (AvgIpc) is 3.03. The van der Waals surface area contributed by atoms with Crippen LogP contribution in [-0.2, 0) is 10.2 Å². The van der Waals surface area contributed by atoms with Crippen molar-refractivity contribution in [2.45, 2.75) is 24.3 Å². The number of amides is 3. The highest BCUT2D eigenvalue weighted by atomic mass is 16.2. The number of hydrogen-bond donors (Lipinski definition) is 2. The predicted molar refractivity (Wildman–Crippen MR) is 90.7 cm³/mol. The van der Waals surface area contributed by atoms with Gasteiger partial charge >= 0.3 is 6.03 Å². The molecule has 1 aromatic carbocycles. The van der Waals surface area contributed by atoms with Crippen LogP contribution < -0.4 is 10.6 Å². The van der Waals surface area contributed by atoms with Crippen molar-refractivity contribution < 1.29 is 9.59 Å². The number of piperazine rings is 1. The van der Waals surface area contributed by atoms with Crippen LogP contribution in [0.1, 0.15) is 18.4 Å². The molecule has 0 aromatic heterocycles. The van der Waals surface area contributed by atoms with Crippen LogP contribution in [0.3, 0.4) is 0 Å². The molecule has 6 nitrogen and oxygen atoms in total. The van der Waals surface area contributed by atoms with E-state index in [1.165, 1.54) is 0 Å². The number of fused-ring (bicyclic) bond motifs is 1. The number of hydrogen-bond acceptors (Lipinski definition) is 3. The molecule has 0 spiro atoms. The minimum atomic E-state index is -0.426. The lowest BCUT2D eigenvalue weighted by Crippen LogP contribution is -2.59. The summed E-state index contributed by atoms with van der Waals surface area (Å²) in [6, 6.07) is 10.3. The first kappa shape index (κ1) is 15.4. The van der Waals surface area contributed by atoms with Crippen molar-refractivity contribution in [1.82, 2.24) is 20.4 Å². The van der Waals surface area contributed by atoms with E-state index in [0.717, 1.165) is 31.5 Å². The van der Waals surface area contributed by atoms with E-state index in [9.17, 15) is 9.59 Å². The fourth-order valence-electron chi connectivity index (χ4n) is 4.33. The average molecular weight is 328 g/mol. The number of urea groups is 1. The third-order valence-corrected chi connectivity index (χ3v) is 5.71. The molecule has 1 atom stereocenters. The minimum Gasteiger partial charge on any atom is -0.338 e. The highest BCUT2D eigenvalue weighted by Gasteiger charge is 2.46. The summed E-state index contributed by atoms with van der Waals surface area (Å²) >= 11 is 0. The molecule has 3 fully saturated rings. The molecule has 0 radical (unpaired) electrons. The monoisotopic (exact) mass is 328 g/mol. The molecular weight excluding hydrogens is 304 g/mol. The molecule has 6 heteroatoms. The van der Waals surface area contributed by atoms with Gasteiger partial charge in [0.25, 0.3) is 0 Å². The fraction of sp³-hybridized carbons (Fsp3) is 0.556. The quantitative estimate of drug-likeness (QED) is 0.833. The van der Waals surface area contributed by atoms with Gasteiger partial charge in [-0.05, 0) is 31.5 Å². The van der Waals surface area contributed by atoms with Gasteiger partial charge in [-0.15, -0.1) is 0 Å². The van der Waals surface area contributed by atoms with Crippen LogP contribution in [0.5, 0.6) is 0 Å². The Morgan fingerprint density at radius 1 is 1.12 bits per heavy atom. The van der Waals surface area contributed by atoms with Gasteiger partial charge in [-0.25, -0.2) is 4.79 Å². The Morgan fingerprint density at radius 3 is 2.62 bits per heavy atom. The topological polar surface area (TPSA) is 64.7 Å². The summed E-state index contributed by atoms with van der Waals surface area (Å²) in [4.78, 5) is 29.1. The van der Waals surface area contributed by atoms with Crippen molar-refractivity contribution >= 4 is 11.9 Å². The second kappa shape index (κ2) is 6.09. The number of rotatable bonds is 2. The van der Waals surface area contributed by atoms with E-state index in [1.54, 1.807) is 0 Å². The normalized spacial score (nSPS) is 26.0. The SMILES string of the molecule is O=C1NCC2CN(C(=O)C3(c4ccccc4)CCNCC3)CCN12. The van der Waals surface area contributed by atoms with E-state index >= 15 is 0 Å². The Morgan fingerprint density at radius 2 is 1.88 bits per heavy atom. The molecule has 0 bridgehead atoms. The van der Waals surface area contributed by atoms with Gasteiger partial charge in [0.05, 0.1) is 11.5 Å². The maximum absolute atomic E-state index is 13.5. The van der Waals surface area contributed by atoms with Crippen molar-refractivity contribution in [2.75, 3.05) is 39.3 Å². The second-order valence-electron chi connectivity index (χ2n) is 6.98. The van der Waals surface area contributed by atoms with E-state index in [-0.39, 0.29) is 18.0 Å². The van der Waals surface area contributed by atoms with Crippen molar-refractivity contribution in [1.29, 1.82) is 0 Å². The number of carbonyl (C=O) groups excluding carboxylic acids is 2. The molecule has 24 heavy (non-hydrogen) atoms. The third-order valence-electron chi connectivity index (χ3n) is 5.71. The molecular formula is C18H24N4O2. The molecule has 3 heterocycles. The lowest BCUT2D eigenvalue weighted by molar-refractivity contribution is -0.140. The van der Waals surface area contributed by atoms with Crippen LogP contribution in [0.15, 0.2) is 30.3 Å².